The number of nitrogens with one attached hydrogen (secondary N) is 2. The van der Waals surface area contributed by atoms with Gasteiger partial charge in [0.1, 0.15) is 22.6 Å². The van der Waals surface area contributed by atoms with Crippen molar-refractivity contribution in [3.8, 4) is 90.1 Å². The molecule has 0 amide bonds. The van der Waals surface area contributed by atoms with Crippen molar-refractivity contribution >= 4 is 91.9 Å². The fraction of sp³-hybridized carbons (Fsp3) is 0.214. The fourth-order valence-corrected chi connectivity index (χ4v) is 18.2. The molecule has 3 aromatic heterocycles. The Labute approximate surface area is 784 Å². The van der Waals surface area contributed by atoms with Crippen LogP contribution in [0.25, 0.3) is 134 Å². The van der Waals surface area contributed by atoms with Gasteiger partial charge in [0.2, 0.25) is 0 Å². The first-order chi connectivity index (χ1) is 66.2. The number of rotatable bonds is 32. The number of carbonyl (C=O) groups is 8. The number of fused-ring (bicyclic) bond motifs is 20. The Hall–Kier alpha value is -16.2. The predicted octanol–water partition coefficient (Wildman–Crippen LogP) is 20.0. The highest BCUT2D eigenvalue weighted by molar-refractivity contribution is 6.14. The molecule has 0 saturated heterocycles. The Morgan fingerprint density at radius 1 is 0.213 bits per heavy atom. The molecule has 5 heterocycles. The Morgan fingerprint density at radius 3 is 0.640 bits per heavy atom. The van der Waals surface area contributed by atoms with E-state index in [1.807, 2.05) is 218 Å². The summed E-state index contributed by atoms with van der Waals surface area (Å²) in [6, 6.07) is 89.1. The lowest BCUT2D eigenvalue weighted by molar-refractivity contribution is -0.166. The Kier molecular flexibility index (Phi) is 26.7. The van der Waals surface area contributed by atoms with E-state index in [1.54, 1.807) is 128 Å². The second kappa shape index (κ2) is 39.7. The molecule has 136 heavy (non-hydrogen) atoms. The Bertz CT molecular complexity index is 6750. The third kappa shape index (κ3) is 17.4. The number of esters is 8. The van der Waals surface area contributed by atoms with Gasteiger partial charge in [0.15, 0.2) is 45.0 Å². The van der Waals surface area contributed by atoms with E-state index in [2.05, 4.69) is 9.97 Å². The van der Waals surface area contributed by atoms with Gasteiger partial charge in [-0.1, -0.05) is 267 Å². The highest BCUT2D eigenvalue weighted by atomic mass is 16.6. The summed E-state index contributed by atoms with van der Waals surface area (Å²) in [4.78, 5) is 164. The number of nitrogens with zero attached hydrogens (tertiary/aromatic N) is 6. The lowest BCUT2D eigenvalue weighted by Crippen LogP contribution is -2.48. The molecule has 12 aromatic carbocycles. The summed E-state index contributed by atoms with van der Waals surface area (Å²) in [6.45, 7) is 12.2. The van der Waals surface area contributed by atoms with E-state index in [0.717, 1.165) is 44.5 Å². The van der Waals surface area contributed by atoms with Crippen LogP contribution in [0.3, 0.4) is 0 Å². The molecule has 0 saturated carbocycles. The number of ether oxygens (including phenoxy) is 8. The van der Waals surface area contributed by atoms with Gasteiger partial charge in [-0.05, 0) is 169 Å². The summed E-state index contributed by atoms with van der Waals surface area (Å²) < 4.78 is 47.9. The van der Waals surface area contributed by atoms with Gasteiger partial charge in [-0.15, -0.1) is 0 Å². The molecular formula is C112H98N8O16. The first kappa shape index (κ1) is 91.6. The van der Waals surface area contributed by atoms with Crippen LogP contribution in [0, 0.1) is 0 Å². The fourth-order valence-electron chi connectivity index (χ4n) is 18.2. The number of hydrogen-bond acceptors (Lipinski definition) is 22. The molecule has 0 radical (unpaired) electrons. The van der Waals surface area contributed by atoms with E-state index in [4.69, 9.17) is 67.8 Å². The molecule has 2 N–H and O–H groups in total. The summed E-state index contributed by atoms with van der Waals surface area (Å²) in [7, 11) is 0. The molecule has 24 nitrogen and oxygen atoms in total. The van der Waals surface area contributed by atoms with Gasteiger partial charge >= 0.3 is 47.8 Å². The highest BCUT2D eigenvalue weighted by Crippen LogP contribution is 2.47. The van der Waals surface area contributed by atoms with E-state index >= 15 is 38.4 Å². The molecule has 0 fully saturated rings. The van der Waals surface area contributed by atoms with Crippen molar-refractivity contribution in [1.29, 1.82) is 0 Å². The molecular weight excluding hydrogens is 1710 g/mol. The molecule has 17 rings (SSSR count). The molecule has 682 valence electrons. The van der Waals surface area contributed by atoms with Crippen molar-refractivity contribution in [3.63, 3.8) is 0 Å². The van der Waals surface area contributed by atoms with Crippen LogP contribution in [-0.2, 0) is 124 Å². The van der Waals surface area contributed by atoms with Crippen molar-refractivity contribution in [1.82, 2.24) is 39.9 Å². The molecule has 24 heteroatoms. The molecule has 2 aliphatic heterocycles. The van der Waals surface area contributed by atoms with Gasteiger partial charge in [-0.2, -0.15) is 0 Å². The maximum absolute atomic E-state index is 15.5. The zero-order valence-corrected chi connectivity index (χ0v) is 76.4. The van der Waals surface area contributed by atoms with Gasteiger partial charge in [-0.25, -0.2) is 29.9 Å². The molecule has 0 spiro atoms. The number of carbonyl (C=O) groups excluding carboxylic acids is 8. The predicted molar refractivity (Wildman–Crippen MR) is 518 cm³/mol. The van der Waals surface area contributed by atoms with Crippen LogP contribution in [0.15, 0.2) is 291 Å². The second-order valence-electron chi connectivity index (χ2n) is 33.0. The van der Waals surface area contributed by atoms with Crippen molar-refractivity contribution < 1.29 is 76.3 Å². The lowest BCUT2D eigenvalue weighted by Gasteiger charge is -2.30. The van der Waals surface area contributed by atoms with Crippen LogP contribution in [0.5, 0.6) is 0 Å². The minimum Gasteiger partial charge on any atom is -0.465 e. The largest absolute Gasteiger partial charge is 0.465 e. The first-order valence-corrected chi connectivity index (χ1v) is 45.6. The molecule has 0 atom stereocenters. The monoisotopic (exact) mass is 1810 g/mol. The Morgan fingerprint density at radius 2 is 0.412 bits per heavy atom. The summed E-state index contributed by atoms with van der Waals surface area (Å²) in [5.41, 5.74) is 2.81. The molecule has 0 aliphatic carbocycles. The smallest absolute Gasteiger partial charge is 0.328 e. The van der Waals surface area contributed by atoms with Crippen molar-refractivity contribution in [2.75, 3.05) is 52.9 Å². The minimum atomic E-state index is -2.21. The van der Waals surface area contributed by atoms with Gasteiger partial charge in [0.05, 0.1) is 52.9 Å². The van der Waals surface area contributed by atoms with Crippen LogP contribution in [0.2, 0.25) is 0 Å². The summed E-state index contributed by atoms with van der Waals surface area (Å²) >= 11 is 0. The number of benzene rings is 12. The number of aromatic nitrogens is 8. The molecule has 15 aromatic rings. The van der Waals surface area contributed by atoms with Crippen molar-refractivity contribution in [2.45, 2.75) is 103 Å². The SMILES string of the molecule is CCOC(=O)C(Cc1ccc(-c2ccccc2)cc1)(C(=O)OCC)c1ccc2c(c1)-c1nc-2nc2[nH]c(nc3nc(nc4[nH]c(n1)c1cc(C(Cc5ccc(-c6ccccc6)cc5)(C(=O)OCC)C(=O)OCC)ccc41)-c1ccc(C(Cc4ccc(-c5ccccc5)cc4)(C(=O)OCC)C(=O)OCC)cc1-3)c1cc(C(Cc3ccc(-c4ccccc4)cc3)(C(=O)OCC)C(=O)OCC)ccc21. The maximum atomic E-state index is 15.5. The van der Waals surface area contributed by atoms with Crippen LogP contribution in [-0.4, -0.2) is 140 Å². The van der Waals surface area contributed by atoms with Crippen LogP contribution < -0.4 is 0 Å². The topological polar surface area (TPSA) is 319 Å². The van der Waals surface area contributed by atoms with E-state index in [9.17, 15) is 0 Å². The standard InChI is InChI=1S/C112H98N8O16/c1-9-129-101(121)109(102(122)130-10-2,65-69-37-45-77(46-38-69)73-29-21-17-22-30-73)81-53-57-85-89(61-81)97-115-93(85)113-94-87-59-55-83(111(105(125)133-13-5,106(126)134-14-6)67-71-41-49-79(50-42-71)75-33-25-19-26-34-75)63-91(87)99(117-94)120-100-92-64-84(112(107(127)135-15-7,108(128)136-16-8)68-72-43-51-80(52-44-72)76-35-27-20-28-36-76)56-60-88(92)96(118-100)114-95-86-58-54-82(62-90(86)98(116-95)119-97)110(103(123)131-11-3,104(124)132-12-4)66-70-39-47-78(48-40-70)74-31-23-18-24-32-74/h17-64H,9-16,65-68H2,1-8H3,(H2,113,114,115,116,117,118,119,120). The molecule has 2 aliphatic rings. The van der Waals surface area contributed by atoms with Crippen molar-refractivity contribution in [2.24, 2.45) is 0 Å². The second-order valence-corrected chi connectivity index (χ2v) is 33.0. The molecule has 0 unspecified atom stereocenters. The van der Waals surface area contributed by atoms with Gasteiger partial charge in [0.25, 0.3) is 0 Å². The number of aromatic amines is 2. The summed E-state index contributed by atoms with van der Waals surface area (Å²) in [6.07, 6.45) is -0.981. The first-order valence-electron chi connectivity index (χ1n) is 45.6. The third-order valence-electron chi connectivity index (χ3n) is 24.9. The third-order valence-corrected chi connectivity index (χ3v) is 24.9. The van der Waals surface area contributed by atoms with Gasteiger partial charge in [0, 0.05) is 69.5 Å². The summed E-state index contributed by atoms with van der Waals surface area (Å²) in [5.74, 6) is -7.26. The normalized spacial score (nSPS) is 11.8. The minimum absolute atomic E-state index is 0.0167. The zero-order valence-electron chi connectivity index (χ0n) is 76.4. The van der Waals surface area contributed by atoms with E-state index < -0.39 is 69.4 Å². The van der Waals surface area contributed by atoms with Crippen LogP contribution in [0.1, 0.15) is 99.9 Å². The molecule has 8 bridgehead atoms. The van der Waals surface area contributed by atoms with Crippen LogP contribution in [0.4, 0.5) is 0 Å². The van der Waals surface area contributed by atoms with Crippen molar-refractivity contribution in [3.05, 3.63) is 336 Å². The van der Waals surface area contributed by atoms with E-state index in [0.29, 0.717) is 44.2 Å². The summed E-state index contributed by atoms with van der Waals surface area (Å²) in [5, 5.41) is 1.24. The lowest BCUT2D eigenvalue weighted by atomic mass is 9.74. The van der Waals surface area contributed by atoms with Gasteiger partial charge in [-0.3, -0.25) is 38.4 Å². The number of hydrogen-bond donors (Lipinski definition) is 2. The van der Waals surface area contributed by atoms with E-state index in [-0.39, 0.29) is 169 Å². The quantitative estimate of drug-likeness (QED) is 0.0225. The average molecular weight is 1810 g/mol. The number of H-pyrrole nitrogens is 2. The highest BCUT2D eigenvalue weighted by Gasteiger charge is 2.55. The zero-order chi connectivity index (χ0) is 94.8. The van der Waals surface area contributed by atoms with E-state index in [1.165, 1.54) is 0 Å². The van der Waals surface area contributed by atoms with Gasteiger partial charge < -0.3 is 47.9 Å². The maximum Gasteiger partial charge on any atom is 0.328 e. The van der Waals surface area contributed by atoms with Crippen LogP contribution >= 0.6 is 0 Å². The Balaban J connectivity index is 0.968. The average Bonchev–Trinajstić information content (AvgIpc) is 1.54.